The zero-order valence-electron chi connectivity index (χ0n) is 17.7. The molecule has 150 valence electrons. The predicted octanol–water partition coefficient (Wildman–Crippen LogP) is 8.19. The van der Waals surface area contributed by atoms with E-state index in [1.165, 1.54) is 11.6 Å². The highest BCUT2D eigenvalue weighted by Crippen LogP contribution is 2.40. The number of rotatable bonds is 3. The van der Waals surface area contributed by atoms with Crippen LogP contribution in [0.15, 0.2) is 65.2 Å². The first kappa shape index (κ1) is 18.8. The van der Waals surface area contributed by atoms with Crippen molar-refractivity contribution in [1.29, 1.82) is 0 Å². The van der Waals surface area contributed by atoms with Crippen LogP contribution in [0.5, 0.6) is 0 Å². The van der Waals surface area contributed by atoms with Gasteiger partial charge in [0, 0.05) is 27.9 Å². The van der Waals surface area contributed by atoms with Crippen LogP contribution >= 0.6 is 0 Å². The summed E-state index contributed by atoms with van der Waals surface area (Å²) in [4.78, 5) is 4.87. The second-order valence-electron chi connectivity index (χ2n) is 8.60. The normalized spacial score (nSPS) is 12.1. The number of benzene rings is 3. The molecule has 0 radical (unpaired) electrons. The van der Waals surface area contributed by atoms with Crippen LogP contribution in [0.25, 0.3) is 44.0 Å². The van der Waals surface area contributed by atoms with Gasteiger partial charge in [-0.25, -0.2) is 4.39 Å². The first-order chi connectivity index (χ1) is 14.4. The summed E-state index contributed by atoms with van der Waals surface area (Å²) >= 11 is 0. The Labute approximate surface area is 175 Å². The molecule has 5 rings (SSSR count). The Morgan fingerprint density at radius 3 is 2.37 bits per heavy atom. The van der Waals surface area contributed by atoms with Gasteiger partial charge in [-0.2, -0.15) is 0 Å². The quantitative estimate of drug-likeness (QED) is 0.307. The lowest BCUT2D eigenvalue weighted by Gasteiger charge is -2.15. The van der Waals surface area contributed by atoms with E-state index in [4.69, 9.17) is 9.40 Å². The summed E-state index contributed by atoms with van der Waals surface area (Å²) < 4.78 is 20.4. The predicted molar refractivity (Wildman–Crippen MR) is 123 cm³/mol. The van der Waals surface area contributed by atoms with Gasteiger partial charge in [0.05, 0.1) is 5.69 Å². The van der Waals surface area contributed by atoms with Gasteiger partial charge in [0.2, 0.25) is 0 Å². The minimum Gasteiger partial charge on any atom is -0.455 e. The Morgan fingerprint density at radius 2 is 1.60 bits per heavy atom. The zero-order chi connectivity index (χ0) is 21.0. The molecule has 2 aromatic heterocycles. The Kier molecular flexibility index (Phi) is 4.35. The van der Waals surface area contributed by atoms with E-state index in [1.54, 1.807) is 6.07 Å². The van der Waals surface area contributed by atoms with Crippen LogP contribution < -0.4 is 0 Å². The monoisotopic (exact) mass is 397 g/mol. The van der Waals surface area contributed by atoms with Crippen molar-refractivity contribution in [3.8, 4) is 11.3 Å². The van der Waals surface area contributed by atoms with Crippen LogP contribution in [0, 0.1) is 5.82 Å². The van der Waals surface area contributed by atoms with E-state index in [0.29, 0.717) is 5.92 Å². The number of fused-ring (bicyclic) bond motifs is 4. The van der Waals surface area contributed by atoms with Crippen molar-refractivity contribution in [2.45, 2.75) is 39.5 Å². The summed E-state index contributed by atoms with van der Waals surface area (Å²) in [7, 11) is 0. The molecular formula is C27H24FNO. The number of furan rings is 1. The first-order valence-electron chi connectivity index (χ1n) is 10.5. The maximum atomic E-state index is 14.1. The van der Waals surface area contributed by atoms with Gasteiger partial charge in [-0.1, -0.05) is 45.9 Å². The van der Waals surface area contributed by atoms with Crippen LogP contribution in [-0.2, 0) is 0 Å². The van der Waals surface area contributed by atoms with Gasteiger partial charge in [0.1, 0.15) is 17.0 Å². The SMILES string of the molecule is CC(C)c1cc(-c2ncc(C(C)C)c3cc(F)ccc23)c2oc3ccccc3c2c1. The average molecular weight is 397 g/mol. The van der Waals surface area contributed by atoms with Gasteiger partial charge in [0.25, 0.3) is 0 Å². The van der Waals surface area contributed by atoms with Gasteiger partial charge in [0.15, 0.2) is 0 Å². The molecule has 0 bridgehead atoms. The first-order valence-corrected chi connectivity index (χ1v) is 10.5. The molecule has 2 heterocycles. The van der Waals surface area contributed by atoms with E-state index in [2.05, 4.69) is 45.9 Å². The number of pyridine rings is 1. The van der Waals surface area contributed by atoms with E-state index >= 15 is 0 Å². The second-order valence-corrected chi connectivity index (χ2v) is 8.60. The van der Waals surface area contributed by atoms with Crippen molar-refractivity contribution >= 4 is 32.7 Å². The Hall–Kier alpha value is -3.20. The number of hydrogen-bond acceptors (Lipinski definition) is 2. The molecule has 3 heteroatoms. The summed E-state index contributed by atoms with van der Waals surface area (Å²) in [5, 5.41) is 4.06. The molecule has 5 aromatic rings. The highest BCUT2D eigenvalue weighted by Gasteiger charge is 2.19. The van der Waals surface area contributed by atoms with E-state index in [-0.39, 0.29) is 11.7 Å². The molecule has 0 aliphatic carbocycles. The number of hydrogen-bond donors (Lipinski definition) is 0. The fourth-order valence-corrected chi connectivity index (χ4v) is 4.27. The van der Waals surface area contributed by atoms with Gasteiger partial charge in [-0.05, 0) is 64.7 Å². The molecule has 0 N–H and O–H groups in total. The summed E-state index contributed by atoms with van der Waals surface area (Å²) in [6, 6.07) is 17.5. The highest BCUT2D eigenvalue weighted by atomic mass is 19.1. The summed E-state index contributed by atoms with van der Waals surface area (Å²) in [5.41, 5.74) is 5.77. The Balaban J connectivity index is 1.92. The lowest BCUT2D eigenvalue weighted by Crippen LogP contribution is -1.97. The van der Waals surface area contributed by atoms with Crippen molar-refractivity contribution in [1.82, 2.24) is 4.98 Å². The third kappa shape index (κ3) is 2.88. The number of nitrogens with zero attached hydrogens (tertiary/aromatic N) is 1. The summed E-state index contributed by atoms with van der Waals surface area (Å²) in [6.45, 7) is 8.60. The van der Waals surface area contributed by atoms with Gasteiger partial charge < -0.3 is 4.42 Å². The minimum atomic E-state index is -0.230. The molecule has 3 aromatic carbocycles. The fraction of sp³-hybridized carbons (Fsp3) is 0.222. The van der Waals surface area contributed by atoms with E-state index in [9.17, 15) is 4.39 Å². The molecule has 0 unspecified atom stereocenters. The van der Waals surface area contributed by atoms with E-state index in [1.807, 2.05) is 30.5 Å². The summed E-state index contributed by atoms with van der Waals surface area (Å²) in [6.07, 6.45) is 1.89. The number of aromatic nitrogens is 1. The molecule has 0 amide bonds. The van der Waals surface area contributed by atoms with E-state index < -0.39 is 0 Å². The third-order valence-electron chi connectivity index (χ3n) is 5.92. The van der Waals surface area contributed by atoms with Crippen molar-refractivity contribution in [2.75, 3.05) is 0 Å². The van der Waals surface area contributed by atoms with Crippen molar-refractivity contribution < 1.29 is 8.81 Å². The Morgan fingerprint density at radius 1 is 0.800 bits per heavy atom. The topological polar surface area (TPSA) is 26.0 Å². The molecule has 2 nitrogen and oxygen atoms in total. The smallest absolute Gasteiger partial charge is 0.144 e. The van der Waals surface area contributed by atoms with Crippen molar-refractivity contribution in [2.24, 2.45) is 0 Å². The van der Waals surface area contributed by atoms with Crippen LogP contribution in [0.1, 0.15) is 50.7 Å². The van der Waals surface area contributed by atoms with Gasteiger partial charge in [-0.15, -0.1) is 0 Å². The van der Waals surface area contributed by atoms with E-state index in [0.717, 1.165) is 49.5 Å². The largest absolute Gasteiger partial charge is 0.455 e. The minimum absolute atomic E-state index is 0.230. The van der Waals surface area contributed by atoms with Gasteiger partial charge >= 0.3 is 0 Å². The number of para-hydroxylation sites is 1. The summed E-state index contributed by atoms with van der Waals surface area (Å²) in [5.74, 6) is 0.385. The second kappa shape index (κ2) is 6.94. The fourth-order valence-electron chi connectivity index (χ4n) is 4.27. The lowest BCUT2D eigenvalue weighted by molar-refractivity contribution is 0.629. The Bertz CT molecular complexity index is 1410. The standard InChI is InChI=1S/C27H24FNO/c1-15(2)17-11-22-19-7-5-6-8-25(19)30-27(22)23(12-17)26-20-10-9-18(28)13-21(20)24(14-29-26)16(3)4/h5-16H,1-4H3. The molecule has 0 aliphatic rings. The maximum absolute atomic E-state index is 14.1. The molecule has 0 fully saturated rings. The molecule has 0 saturated heterocycles. The molecule has 30 heavy (non-hydrogen) atoms. The maximum Gasteiger partial charge on any atom is 0.144 e. The molecule has 0 atom stereocenters. The molecular weight excluding hydrogens is 373 g/mol. The van der Waals surface area contributed by atoms with Crippen molar-refractivity contribution in [3.05, 3.63) is 77.7 Å². The van der Waals surface area contributed by atoms with Crippen LogP contribution in [0.3, 0.4) is 0 Å². The molecule has 0 aliphatic heterocycles. The van der Waals surface area contributed by atoms with Crippen LogP contribution in [-0.4, -0.2) is 4.98 Å². The zero-order valence-corrected chi connectivity index (χ0v) is 17.7. The molecule has 0 spiro atoms. The van der Waals surface area contributed by atoms with Crippen LogP contribution in [0.2, 0.25) is 0 Å². The third-order valence-corrected chi connectivity index (χ3v) is 5.92. The molecule has 0 saturated carbocycles. The van der Waals surface area contributed by atoms with Gasteiger partial charge in [-0.3, -0.25) is 4.98 Å². The average Bonchev–Trinajstić information content (AvgIpc) is 3.10. The lowest BCUT2D eigenvalue weighted by atomic mass is 9.92. The highest BCUT2D eigenvalue weighted by molar-refractivity contribution is 6.12. The number of halogens is 1. The van der Waals surface area contributed by atoms with Crippen LogP contribution in [0.4, 0.5) is 4.39 Å². The van der Waals surface area contributed by atoms with Crippen molar-refractivity contribution in [3.63, 3.8) is 0 Å².